The Hall–Kier alpha value is -2.70. The van der Waals surface area contributed by atoms with Crippen molar-refractivity contribution >= 4 is 23.9 Å². The molecule has 0 saturated heterocycles. The van der Waals surface area contributed by atoms with Gasteiger partial charge in [0.05, 0.1) is 0 Å². The number of aliphatic carboxylic acids is 2. The topological polar surface area (TPSA) is 118 Å². The molecular formula is C22H30O7. The maximum absolute atomic E-state index is 12.1. The zero-order valence-corrected chi connectivity index (χ0v) is 17.2. The fraction of sp³-hybridized carbons (Fsp3) is 0.545. The van der Waals surface area contributed by atoms with Crippen LogP contribution >= 0.6 is 0 Å². The van der Waals surface area contributed by atoms with Crippen LogP contribution in [0.3, 0.4) is 0 Å². The van der Waals surface area contributed by atoms with Gasteiger partial charge in [-0.05, 0) is 51.4 Å². The number of allylic oxidation sites excluding steroid dienone is 2. The van der Waals surface area contributed by atoms with Gasteiger partial charge in [-0.3, -0.25) is 0 Å². The molecule has 0 atom stereocenters. The van der Waals surface area contributed by atoms with Crippen molar-refractivity contribution in [2.24, 2.45) is 0 Å². The van der Waals surface area contributed by atoms with Crippen LogP contribution in [0, 0.1) is 0 Å². The van der Waals surface area contributed by atoms with Gasteiger partial charge in [-0.2, -0.15) is 0 Å². The minimum absolute atomic E-state index is 0.397. The SMILES string of the molecule is CCCCC1=C(C(=O)OC(=O)C2=C(CCCC)CC2)CC1.O=C(O)/C=C\C(=O)O. The summed E-state index contributed by atoms with van der Waals surface area (Å²) in [6.07, 6.45) is 11.0. The Kier molecular flexibility index (Phi) is 10.7. The van der Waals surface area contributed by atoms with Gasteiger partial charge in [0, 0.05) is 23.3 Å². The van der Waals surface area contributed by atoms with E-state index in [1.165, 1.54) is 11.1 Å². The third-order valence-electron chi connectivity index (χ3n) is 4.92. The fourth-order valence-corrected chi connectivity index (χ4v) is 3.03. The Bertz CT molecular complexity index is 665. The molecule has 2 aliphatic rings. The highest BCUT2D eigenvalue weighted by Crippen LogP contribution is 2.35. The van der Waals surface area contributed by atoms with Crippen LogP contribution in [0.2, 0.25) is 0 Å². The molecule has 0 radical (unpaired) electrons. The van der Waals surface area contributed by atoms with Crippen molar-refractivity contribution in [3.05, 3.63) is 34.4 Å². The number of carbonyl (C=O) groups excluding carboxylic acids is 2. The molecule has 0 aromatic carbocycles. The van der Waals surface area contributed by atoms with E-state index < -0.39 is 23.9 Å². The van der Waals surface area contributed by atoms with Crippen LogP contribution in [-0.2, 0) is 23.9 Å². The summed E-state index contributed by atoms with van der Waals surface area (Å²) in [5, 5.41) is 15.6. The van der Waals surface area contributed by atoms with Crippen LogP contribution in [0.15, 0.2) is 34.4 Å². The number of hydrogen-bond donors (Lipinski definition) is 2. The summed E-state index contributed by atoms with van der Waals surface area (Å²) in [5.41, 5.74) is 3.91. The van der Waals surface area contributed by atoms with Gasteiger partial charge in [-0.15, -0.1) is 0 Å². The molecule has 160 valence electrons. The summed E-state index contributed by atoms with van der Waals surface area (Å²) in [6, 6.07) is 0. The van der Waals surface area contributed by atoms with Crippen LogP contribution < -0.4 is 0 Å². The normalized spacial score (nSPS) is 15.2. The highest BCUT2D eigenvalue weighted by atomic mass is 16.6. The average molecular weight is 406 g/mol. The van der Waals surface area contributed by atoms with E-state index in [1.54, 1.807) is 0 Å². The Morgan fingerprint density at radius 2 is 1.14 bits per heavy atom. The first kappa shape index (κ1) is 24.3. The zero-order valence-electron chi connectivity index (χ0n) is 17.2. The van der Waals surface area contributed by atoms with E-state index in [2.05, 4.69) is 13.8 Å². The summed E-state index contributed by atoms with van der Waals surface area (Å²) in [5.74, 6) is -3.31. The summed E-state index contributed by atoms with van der Waals surface area (Å²) < 4.78 is 5.09. The van der Waals surface area contributed by atoms with Gasteiger partial charge in [0.1, 0.15) is 0 Å². The van der Waals surface area contributed by atoms with E-state index >= 15 is 0 Å². The van der Waals surface area contributed by atoms with Crippen LogP contribution in [0.1, 0.15) is 78.1 Å². The van der Waals surface area contributed by atoms with Crippen molar-refractivity contribution < 1.29 is 34.1 Å². The number of rotatable bonds is 10. The van der Waals surface area contributed by atoms with Gasteiger partial charge in [0.15, 0.2) is 0 Å². The predicted octanol–water partition coefficient (Wildman–Crippen LogP) is 4.33. The summed E-state index contributed by atoms with van der Waals surface area (Å²) in [4.78, 5) is 43.2. The lowest BCUT2D eigenvalue weighted by molar-refractivity contribution is -0.154. The molecule has 0 amide bonds. The summed E-state index contributed by atoms with van der Waals surface area (Å²) in [6.45, 7) is 4.28. The largest absolute Gasteiger partial charge is 0.478 e. The third-order valence-corrected chi connectivity index (χ3v) is 4.92. The number of ether oxygens (including phenoxy) is 1. The van der Waals surface area contributed by atoms with Crippen molar-refractivity contribution in [2.75, 3.05) is 0 Å². The average Bonchev–Trinajstić information content (AvgIpc) is 2.59. The fourth-order valence-electron chi connectivity index (χ4n) is 3.03. The second-order valence-electron chi connectivity index (χ2n) is 7.06. The molecular weight excluding hydrogens is 376 g/mol. The first-order valence-electron chi connectivity index (χ1n) is 10.1. The smallest absolute Gasteiger partial charge is 0.341 e. The van der Waals surface area contributed by atoms with Gasteiger partial charge in [0.2, 0.25) is 0 Å². The summed E-state index contributed by atoms with van der Waals surface area (Å²) >= 11 is 0. The lowest BCUT2D eigenvalue weighted by Crippen LogP contribution is -2.24. The number of hydrogen-bond acceptors (Lipinski definition) is 5. The molecule has 7 heteroatoms. The molecule has 2 N–H and O–H groups in total. The number of esters is 2. The Labute approximate surface area is 171 Å². The van der Waals surface area contributed by atoms with Gasteiger partial charge < -0.3 is 14.9 Å². The summed E-state index contributed by atoms with van der Waals surface area (Å²) in [7, 11) is 0. The minimum Gasteiger partial charge on any atom is -0.478 e. The molecule has 0 fully saturated rings. The molecule has 7 nitrogen and oxygen atoms in total. The highest BCUT2D eigenvalue weighted by Gasteiger charge is 2.30. The monoisotopic (exact) mass is 406 g/mol. The molecule has 0 saturated carbocycles. The molecule has 29 heavy (non-hydrogen) atoms. The molecule has 2 rings (SSSR count). The first-order chi connectivity index (χ1) is 13.8. The van der Waals surface area contributed by atoms with E-state index in [4.69, 9.17) is 14.9 Å². The molecule has 0 aromatic heterocycles. The molecule has 0 bridgehead atoms. The van der Waals surface area contributed by atoms with Crippen LogP contribution in [0.4, 0.5) is 0 Å². The molecule has 0 aliphatic heterocycles. The van der Waals surface area contributed by atoms with E-state index in [0.717, 1.165) is 75.4 Å². The van der Waals surface area contributed by atoms with Gasteiger partial charge in [-0.1, -0.05) is 37.8 Å². The number of carboxylic acids is 2. The lowest BCUT2D eigenvalue weighted by Gasteiger charge is -2.24. The third kappa shape index (κ3) is 8.46. The number of carbonyl (C=O) groups is 4. The van der Waals surface area contributed by atoms with Gasteiger partial charge >= 0.3 is 23.9 Å². The Balaban J connectivity index is 0.000000447. The number of unbranched alkanes of at least 4 members (excludes halogenated alkanes) is 2. The van der Waals surface area contributed by atoms with Crippen molar-refractivity contribution in [1.82, 2.24) is 0 Å². The molecule has 0 unspecified atom stereocenters. The van der Waals surface area contributed by atoms with E-state index in [-0.39, 0.29) is 0 Å². The molecule has 2 aliphatic carbocycles. The second-order valence-corrected chi connectivity index (χ2v) is 7.06. The van der Waals surface area contributed by atoms with Crippen molar-refractivity contribution in [3.63, 3.8) is 0 Å². The minimum atomic E-state index is -1.26. The lowest BCUT2D eigenvalue weighted by atomic mass is 9.84. The van der Waals surface area contributed by atoms with E-state index in [1.807, 2.05) is 0 Å². The standard InChI is InChI=1S/C18H26O3.C4H4O4/c1-3-5-7-13-9-11-15(13)17(19)21-18(20)16-12-10-14(16)8-6-4-2;5-3(6)1-2-4(7)8/h3-12H2,1-2H3;1-2H,(H,5,6)(H,7,8)/b;2-1-. The predicted molar refractivity (Wildman–Crippen MR) is 107 cm³/mol. The van der Waals surface area contributed by atoms with Gasteiger partial charge in [0.25, 0.3) is 0 Å². The highest BCUT2D eigenvalue weighted by molar-refractivity contribution is 6.03. The van der Waals surface area contributed by atoms with Crippen LogP contribution in [0.5, 0.6) is 0 Å². The maximum atomic E-state index is 12.1. The zero-order chi connectivity index (χ0) is 21.8. The van der Waals surface area contributed by atoms with Gasteiger partial charge in [-0.25, -0.2) is 19.2 Å². The Morgan fingerprint density at radius 1 is 0.759 bits per heavy atom. The molecule has 0 spiro atoms. The first-order valence-corrected chi connectivity index (χ1v) is 10.1. The van der Waals surface area contributed by atoms with Crippen LogP contribution in [0.25, 0.3) is 0 Å². The quantitative estimate of drug-likeness (QED) is 0.315. The maximum Gasteiger partial charge on any atom is 0.341 e. The van der Waals surface area contributed by atoms with Crippen molar-refractivity contribution in [2.45, 2.75) is 78.1 Å². The second kappa shape index (κ2) is 12.7. The molecule has 0 heterocycles. The number of carboxylic acid groups (broad SMARTS) is 2. The van der Waals surface area contributed by atoms with Crippen molar-refractivity contribution in [1.29, 1.82) is 0 Å². The van der Waals surface area contributed by atoms with E-state index in [9.17, 15) is 19.2 Å². The van der Waals surface area contributed by atoms with E-state index in [0.29, 0.717) is 12.2 Å². The molecule has 0 aromatic rings. The van der Waals surface area contributed by atoms with Crippen LogP contribution in [-0.4, -0.2) is 34.1 Å². The Morgan fingerprint density at radius 3 is 1.38 bits per heavy atom. The van der Waals surface area contributed by atoms with Crippen molar-refractivity contribution in [3.8, 4) is 0 Å².